The first kappa shape index (κ1) is 25.1. The summed E-state index contributed by atoms with van der Waals surface area (Å²) in [7, 11) is 3.13. The number of benzene rings is 3. The Labute approximate surface area is 212 Å². The van der Waals surface area contributed by atoms with Crippen molar-refractivity contribution in [3.63, 3.8) is 0 Å². The van der Waals surface area contributed by atoms with Crippen molar-refractivity contribution in [2.75, 3.05) is 32.6 Å². The minimum atomic E-state index is -0.376. The lowest BCUT2D eigenvalue weighted by molar-refractivity contribution is -0.121. The lowest BCUT2D eigenvalue weighted by atomic mass is 9.83. The second kappa shape index (κ2) is 11.6. The number of likely N-dealkylation sites (tertiary alicyclic amines) is 1. The van der Waals surface area contributed by atoms with E-state index in [2.05, 4.69) is 35.8 Å². The summed E-state index contributed by atoms with van der Waals surface area (Å²) in [4.78, 5) is 28.3. The summed E-state index contributed by atoms with van der Waals surface area (Å²) in [6.45, 7) is 3.38. The summed E-state index contributed by atoms with van der Waals surface area (Å²) < 4.78 is 10.7. The molecule has 1 aliphatic rings. The van der Waals surface area contributed by atoms with Crippen LogP contribution in [0.1, 0.15) is 29.0 Å². The quantitative estimate of drug-likeness (QED) is 0.493. The number of anilines is 1. The molecule has 7 heteroatoms. The van der Waals surface area contributed by atoms with Crippen LogP contribution < -0.4 is 20.1 Å². The molecule has 3 amide bonds. The molecule has 1 heterocycles. The molecular formula is C29H33N3O4. The number of methoxy groups -OCH3 is 2. The van der Waals surface area contributed by atoms with Gasteiger partial charge < -0.3 is 25.0 Å². The Morgan fingerprint density at radius 3 is 2.47 bits per heavy atom. The van der Waals surface area contributed by atoms with Gasteiger partial charge in [0.05, 0.1) is 25.8 Å². The van der Waals surface area contributed by atoms with Crippen LogP contribution in [0.5, 0.6) is 11.5 Å². The average Bonchev–Trinajstić information content (AvgIpc) is 2.92. The second-order valence-electron chi connectivity index (χ2n) is 9.15. The van der Waals surface area contributed by atoms with Crippen molar-refractivity contribution in [1.82, 2.24) is 10.2 Å². The smallest absolute Gasteiger partial charge is 0.317 e. The molecule has 0 aromatic heterocycles. The summed E-state index contributed by atoms with van der Waals surface area (Å²) in [6, 6.07) is 23.2. The van der Waals surface area contributed by atoms with Crippen molar-refractivity contribution in [2.45, 2.75) is 25.8 Å². The molecule has 1 aliphatic heterocycles. The molecular weight excluding hydrogens is 454 g/mol. The number of hydrogen-bond donors (Lipinski definition) is 2. The molecule has 7 nitrogen and oxygen atoms in total. The Hall–Kier alpha value is -4.00. The molecule has 4 rings (SSSR count). The maximum atomic E-state index is 13.4. The van der Waals surface area contributed by atoms with Crippen LogP contribution in [-0.4, -0.2) is 44.1 Å². The van der Waals surface area contributed by atoms with E-state index < -0.39 is 0 Å². The first-order chi connectivity index (χ1) is 17.5. The fourth-order valence-electron chi connectivity index (χ4n) is 4.64. The monoisotopic (exact) mass is 487 g/mol. The van der Waals surface area contributed by atoms with E-state index in [1.807, 2.05) is 36.4 Å². The van der Waals surface area contributed by atoms with Gasteiger partial charge in [0.2, 0.25) is 5.91 Å². The number of amides is 3. The van der Waals surface area contributed by atoms with Gasteiger partial charge in [-0.15, -0.1) is 0 Å². The second-order valence-corrected chi connectivity index (χ2v) is 9.15. The Morgan fingerprint density at radius 1 is 0.944 bits per heavy atom. The first-order valence-corrected chi connectivity index (χ1v) is 12.1. The SMILES string of the molecule is COc1ccc(NC(=O)C2CC(c3cccc(C)c3)CN(C(=O)NCc3ccccc3)C2)c(OC)c1. The van der Waals surface area contributed by atoms with E-state index in [1.165, 1.54) is 0 Å². The molecule has 0 radical (unpaired) electrons. The van der Waals surface area contributed by atoms with E-state index in [4.69, 9.17) is 9.47 Å². The van der Waals surface area contributed by atoms with Crippen molar-refractivity contribution < 1.29 is 19.1 Å². The van der Waals surface area contributed by atoms with Gasteiger partial charge in [0.25, 0.3) is 0 Å². The minimum Gasteiger partial charge on any atom is -0.497 e. The molecule has 1 fully saturated rings. The highest BCUT2D eigenvalue weighted by atomic mass is 16.5. The fraction of sp³-hybridized carbons (Fsp3) is 0.310. The lowest BCUT2D eigenvalue weighted by Crippen LogP contribution is -2.50. The summed E-state index contributed by atoms with van der Waals surface area (Å²) in [5.41, 5.74) is 3.89. The van der Waals surface area contributed by atoms with Crippen LogP contribution in [0.4, 0.5) is 10.5 Å². The summed E-state index contributed by atoms with van der Waals surface area (Å²) in [5, 5.41) is 6.02. The van der Waals surface area contributed by atoms with Crippen LogP contribution in [0, 0.1) is 12.8 Å². The van der Waals surface area contributed by atoms with Gasteiger partial charge in [0.1, 0.15) is 11.5 Å². The van der Waals surface area contributed by atoms with Crippen molar-refractivity contribution in [1.29, 1.82) is 0 Å². The van der Waals surface area contributed by atoms with Gasteiger partial charge in [-0.3, -0.25) is 4.79 Å². The van der Waals surface area contributed by atoms with Gasteiger partial charge in [0.15, 0.2) is 0 Å². The number of nitrogens with one attached hydrogen (secondary N) is 2. The van der Waals surface area contributed by atoms with Gasteiger partial charge in [-0.25, -0.2) is 4.79 Å². The third kappa shape index (κ3) is 6.16. The summed E-state index contributed by atoms with van der Waals surface area (Å²) >= 11 is 0. The van der Waals surface area contributed by atoms with Gasteiger partial charge in [0, 0.05) is 31.6 Å². The van der Waals surface area contributed by atoms with Crippen molar-refractivity contribution in [3.05, 3.63) is 89.5 Å². The van der Waals surface area contributed by atoms with Crippen LogP contribution in [0.3, 0.4) is 0 Å². The van der Waals surface area contributed by atoms with E-state index in [0.717, 1.165) is 16.7 Å². The normalized spacial score (nSPS) is 17.2. The Bertz CT molecular complexity index is 1200. The van der Waals surface area contributed by atoms with E-state index in [0.29, 0.717) is 43.2 Å². The third-order valence-corrected chi connectivity index (χ3v) is 6.58. The highest BCUT2D eigenvalue weighted by Gasteiger charge is 2.35. The number of hydrogen-bond acceptors (Lipinski definition) is 4. The van der Waals surface area contributed by atoms with Gasteiger partial charge in [-0.2, -0.15) is 0 Å². The molecule has 36 heavy (non-hydrogen) atoms. The standard InChI is InChI=1S/C29H33N3O4/c1-20-8-7-11-22(14-20)23-15-24(28(33)31-26-13-12-25(35-2)16-27(26)36-3)19-32(18-23)29(34)30-17-21-9-5-4-6-10-21/h4-14,16,23-24H,15,17-19H2,1-3H3,(H,30,34)(H,31,33). The number of piperidine rings is 1. The molecule has 0 bridgehead atoms. The number of carbonyl (C=O) groups is 2. The zero-order valence-corrected chi connectivity index (χ0v) is 21.0. The van der Waals surface area contributed by atoms with E-state index in [1.54, 1.807) is 37.3 Å². The first-order valence-electron chi connectivity index (χ1n) is 12.1. The van der Waals surface area contributed by atoms with Gasteiger partial charge in [-0.05, 0) is 36.6 Å². The molecule has 1 saturated heterocycles. The topological polar surface area (TPSA) is 79.9 Å². The predicted octanol–water partition coefficient (Wildman–Crippen LogP) is 4.97. The predicted molar refractivity (Wildman–Crippen MR) is 140 cm³/mol. The number of ether oxygens (including phenoxy) is 2. The van der Waals surface area contributed by atoms with Gasteiger partial charge >= 0.3 is 6.03 Å². The maximum Gasteiger partial charge on any atom is 0.317 e. The number of aryl methyl sites for hydroxylation is 1. The van der Waals surface area contributed by atoms with Crippen LogP contribution in [0.2, 0.25) is 0 Å². The number of rotatable bonds is 7. The van der Waals surface area contributed by atoms with Crippen LogP contribution in [0.25, 0.3) is 0 Å². The van der Waals surface area contributed by atoms with Crippen molar-refractivity contribution >= 4 is 17.6 Å². The Balaban J connectivity index is 1.52. The molecule has 3 aromatic rings. The zero-order chi connectivity index (χ0) is 25.5. The Kier molecular flexibility index (Phi) is 8.10. The number of carbonyl (C=O) groups excluding carboxylic acids is 2. The summed E-state index contributed by atoms with van der Waals surface area (Å²) in [6.07, 6.45) is 0.649. The number of nitrogens with zero attached hydrogens (tertiary/aromatic N) is 1. The largest absolute Gasteiger partial charge is 0.497 e. The average molecular weight is 488 g/mol. The van der Waals surface area contributed by atoms with Crippen molar-refractivity contribution in [2.24, 2.45) is 5.92 Å². The molecule has 3 aromatic carbocycles. The fourth-order valence-corrected chi connectivity index (χ4v) is 4.64. The molecule has 2 unspecified atom stereocenters. The highest BCUT2D eigenvalue weighted by Crippen LogP contribution is 2.34. The minimum absolute atomic E-state index is 0.0506. The van der Waals surface area contributed by atoms with Crippen molar-refractivity contribution in [3.8, 4) is 11.5 Å². The zero-order valence-electron chi connectivity index (χ0n) is 21.0. The molecule has 188 valence electrons. The molecule has 0 saturated carbocycles. The molecule has 0 aliphatic carbocycles. The van der Waals surface area contributed by atoms with Crippen LogP contribution in [-0.2, 0) is 11.3 Å². The van der Waals surface area contributed by atoms with Crippen LogP contribution >= 0.6 is 0 Å². The van der Waals surface area contributed by atoms with E-state index in [-0.39, 0.29) is 23.8 Å². The lowest BCUT2D eigenvalue weighted by Gasteiger charge is -2.37. The van der Waals surface area contributed by atoms with E-state index in [9.17, 15) is 9.59 Å². The summed E-state index contributed by atoms with van der Waals surface area (Å²) in [5.74, 6) is 0.694. The molecule has 2 atom stereocenters. The Morgan fingerprint density at radius 2 is 1.75 bits per heavy atom. The van der Waals surface area contributed by atoms with Gasteiger partial charge in [-0.1, -0.05) is 60.2 Å². The van der Waals surface area contributed by atoms with E-state index >= 15 is 0 Å². The third-order valence-electron chi connectivity index (χ3n) is 6.58. The maximum absolute atomic E-state index is 13.4. The highest BCUT2D eigenvalue weighted by molar-refractivity contribution is 5.94. The molecule has 2 N–H and O–H groups in total. The van der Waals surface area contributed by atoms with Crippen LogP contribution in [0.15, 0.2) is 72.8 Å². The molecule has 0 spiro atoms. The number of urea groups is 1.